The first-order chi connectivity index (χ1) is 10.3. The first-order valence-corrected chi connectivity index (χ1v) is 7.00. The van der Waals surface area contributed by atoms with E-state index < -0.39 is 0 Å². The smallest absolute Gasteiger partial charge is 0.0857 e. The van der Waals surface area contributed by atoms with E-state index in [1.54, 1.807) is 0 Å². The molecule has 0 aliphatic heterocycles. The van der Waals surface area contributed by atoms with Crippen molar-refractivity contribution in [1.82, 2.24) is 9.97 Å². The fraction of sp³-hybridized carbons (Fsp3) is 0.0556. The molecular formula is C18H15N3. The number of nitrogens with two attached hydrogens (primary N) is 1. The van der Waals surface area contributed by atoms with Gasteiger partial charge >= 0.3 is 0 Å². The second-order valence-electron chi connectivity index (χ2n) is 5.18. The topological polar surface area (TPSA) is 54.7 Å². The number of aromatic amines is 1. The molecule has 2 aromatic carbocycles. The van der Waals surface area contributed by atoms with Gasteiger partial charge in [0.2, 0.25) is 0 Å². The molecule has 0 bridgehead atoms. The molecule has 3 N–H and O–H groups in total. The van der Waals surface area contributed by atoms with Gasteiger partial charge in [0.05, 0.1) is 17.3 Å². The van der Waals surface area contributed by atoms with E-state index in [0.29, 0.717) is 0 Å². The minimum Gasteiger partial charge on any atom is -0.353 e. The van der Waals surface area contributed by atoms with E-state index in [0.717, 1.165) is 22.3 Å². The Morgan fingerprint density at radius 1 is 0.857 bits per heavy atom. The average Bonchev–Trinajstić information content (AvgIpc) is 2.94. The summed E-state index contributed by atoms with van der Waals surface area (Å²) in [5.74, 6) is 0. The summed E-state index contributed by atoms with van der Waals surface area (Å²) in [6.45, 7) is 0. The number of nitrogens with one attached hydrogen (secondary N) is 1. The Kier molecular flexibility index (Phi) is 2.72. The van der Waals surface area contributed by atoms with Crippen molar-refractivity contribution < 1.29 is 0 Å². The lowest BCUT2D eigenvalue weighted by atomic mass is 10.0. The highest BCUT2D eigenvalue weighted by atomic mass is 14.8. The fourth-order valence-corrected chi connectivity index (χ4v) is 2.85. The van der Waals surface area contributed by atoms with Crippen molar-refractivity contribution >= 4 is 21.8 Å². The van der Waals surface area contributed by atoms with E-state index >= 15 is 0 Å². The van der Waals surface area contributed by atoms with Gasteiger partial charge in [-0.1, -0.05) is 48.5 Å². The molecule has 21 heavy (non-hydrogen) atoms. The molecule has 1 atom stereocenters. The SMILES string of the molecule is NC(c1ccccc1)c1nccc2c1[nH]c1ccccc12. The van der Waals surface area contributed by atoms with E-state index in [9.17, 15) is 0 Å². The Labute approximate surface area is 122 Å². The van der Waals surface area contributed by atoms with Crippen LogP contribution < -0.4 is 5.73 Å². The zero-order valence-electron chi connectivity index (χ0n) is 11.5. The lowest BCUT2D eigenvalue weighted by Crippen LogP contribution is -2.13. The summed E-state index contributed by atoms with van der Waals surface area (Å²) in [6, 6.07) is 20.1. The minimum atomic E-state index is -0.233. The van der Waals surface area contributed by atoms with Crippen LogP contribution in [0.1, 0.15) is 17.3 Å². The number of para-hydroxylation sites is 1. The zero-order valence-corrected chi connectivity index (χ0v) is 11.5. The maximum absolute atomic E-state index is 6.42. The molecule has 0 saturated carbocycles. The van der Waals surface area contributed by atoms with E-state index in [2.05, 4.69) is 22.1 Å². The van der Waals surface area contributed by atoms with Gasteiger partial charge in [0.1, 0.15) is 0 Å². The molecule has 4 aromatic rings. The van der Waals surface area contributed by atoms with Crippen molar-refractivity contribution in [3.8, 4) is 0 Å². The largest absolute Gasteiger partial charge is 0.353 e. The predicted octanol–water partition coefficient (Wildman–Crippen LogP) is 3.76. The van der Waals surface area contributed by atoms with Crippen LogP contribution in [0.2, 0.25) is 0 Å². The molecule has 0 fully saturated rings. The molecule has 4 rings (SSSR count). The molecule has 0 aliphatic carbocycles. The highest BCUT2D eigenvalue weighted by Gasteiger charge is 2.16. The molecule has 102 valence electrons. The third kappa shape index (κ3) is 1.90. The fourth-order valence-electron chi connectivity index (χ4n) is 2.85. The highest BCUT2D eigenvalue weighted by Crippen LogP contribution is 2.30. The first-order valence-electron chi connectivity index (χ1n) is 7.00. The van der Waals surface area contributed by atoms with Gasteiger partial charge in [-0.25, -0.2) is 0 Å². The van der Waals surface area contributed by atoms with E-state index in [4.69, 9.17) is 5.73 Å². The standard InChI is InChI=1S/C18H15N3/c19-16(12-6-2-1-3-7-12)18-17-14(10-11-20-18)13-8-4-5-9-15(13)21-17/h1-11,16,21H,19H2. The third-order valence-corrected chi connectivity index (χ3v) is 3.91. The summed E-state index contributed by atoms with van der Waals surface area (Å²) in [5.41, 5.74) is 10.5. The van der Waals surface area contributed by atoms with Gasteiger partial charge < -0.3 is 10.7 Å². The van der Waals surface area contributed by atoms with Crippen LogP contribution in [0.15, 0.2) is 66.9 Å². The molecular weight excluding hydrogens is 258 g/mol. The number of fused-ring (bicyclic) bond motifs is 3. The van der Waals surface area contributed by atoms with E-state index in [-0.39, 0.29) is 6.04 Å². The summed E-state index contributed by atoms with van der Waals surface area (Å²) in [4.78, 5) is 7.98. The third-order valence-electron chi connectivity index (χ3n) is 3.91. The number of aromatic nitrogens is 2. The number of hydrogen-bond donors (Lipinski definition) is 2. The molecule has 3 nitrogen and oxygen atoms in total. The Balaban J connectivity index is 1.97. The van der Waals surface area contributed by atoms with Crippen molar-refractivity contribution in [3.63, 3.8) is 0 Å². The summed E-state index contributed by atoms with van der Waals surface area (Å²) >= 11 is 0. The molecule has 2 heterocycles. The van der Waals surface area contributed by atoms with Crippen LogP contribution in [-0.2, 0) is 0 Å². The lowest BCUT2D eigenvalue weighted by Gasteiger charge is -2.12. The van der Waals surface area contributed by atoms with Gasteiger partial charge in [-0.15, -0.1) is 0 Å². The van der Waals surface area contributed by atoms with Crippen LogP contribution in [0.5, 0.6) is 0 Å². The summed E-state index contributed by atoms with van der Waals surface area (Å²) in [6.07, 6.45) is 1.83. The number of H-pyrrole nitrogens is 1. The van der Waals surface area contributed by atoms with Crippen molar-refractivity contribution in [2.45, 2.75) is 6.04 Å². The van der Waals surface area contributed by atoms with Gasteiger partial charge in [-0.05, 0) is 17.7 Å². The molecule has 1 unspecified atom stereocenters. The second-order valence-corrected chi connectivity index (χ2v) is 5.18. The van der Waals surface area contributed by atoms with Crippen molar-refractivity contribution in [3.05, 3.63) is 78.1 Å². The van der Waals surface area contributed by atoms with Gasteiger partial charge in [0.15, 0.2) is 0 Å². The summed E-state index contributed by atoms with van der Waals surface area (Å²) < 4.78 is 0. The Morgan fingerprint density at radius 3 is 2.48 bits per heavy atom. The minimum absolute atomic E-state index is 0.233. The Hall–Kier alpha value is -2.65. The highest BCUT2D eigenvalue weighted by molar-refractivity contribution is 6.07. The first kappa shape index (κ1) is 12.1. The van der Waals surface area contributed by atoms with E-state index in [1.807, 2.05) is 54.7 Å². The van der Waals surface area contributed by atoms with Crippen LogP contribution in [0.3, 0.4) is 0 Å². The number of pyridine rings is 1. The second kappa shape index (κ2) is 4.72. The van der Waals surface area contributed by atoms with Crippen molar-refractivity contribution in [2.24, 2.45) is 5.73 Å². The lowest BCUT2D eigenvalue weighted by molar-refractivity contribution is 0.838. The molecule has 2 aromatic heterocycles. The predicted molar refractivity (Wildman–Crippen MR) is 86.1 cm³/mol. The van der Waals surface area contributed by atoms with E-state index in [1.165, 1.54) is 10.8 Å². The van der Waals surface area contributed by atoms with Crippen molar-refractivity contribution in [1.29, 1.82) is 0 Å². The zero-order chi connectivity index (χ0) is 14.2. The average molecular weight is 273 g/mol. The molecule has 0 spiro atoms. The maximum atomic E-state index is 6.42. The molecule has 0 radical (unpaired) electrons. The van der Waals surface area contributed by atoms with Crippen LogP contribution >= 0.6 is 0 Å². The van der Waals surface area contributed by atoms with Crippen LogP contribution in [0.25, 0.3) is 21.8 Å². The normalized spacial score (nSPS) is 12.8. The quantitative estimate of drug-likeness (QED) is 0.584. The number of rotatable bonds is 2. The Morgan fingerprint density at radius 2 is 1.62 bits per heavy atom. The van der Waals surface area contributed by atoms with Crippen LogP contribution in [-0.4, -0.2) is 9.97 Å². The van der Waals surface area contributed by atoms with Gasteiger partial charge in [0.25, 0.3) is 0 Å². The molecule has 3 heteroatoms. The summed E-state index contributed by atoms with van der Waals surface area (Å²) in [5, 5.41) is 2.37. The molecule has 0 saturated heterocycles. The number of nitrogens with zero attached hydrogens (tertiary/aromatic N) is 1. The monoisotopic (exact) mass is 273 g/mol. The molecule has 0 amide bonds. The number of benzene rings is 2. The van der Waals surface area contributed by atoms with Gasteiger partial charge in [0, 0.05) is 22.5 Å². The Bertz CT molecular complexity index is 909. The molecule has 0 aliphatic rings. The van der Waals surface area contributed by atoms with Crippen molar-refractivity contribution in [2.75, 3.05) is 0 Å². The van der Waals surface area contributed by atoms with Crippen LogP contribution in [0.4, 0.5) is 0 Å². The number of hydrogen-bond acceptors (Lipinski definition) is 2. The maximum Gasteiger partial charge on any atom is 0.0857 e. The van der Waals surface area contributed by atoms with Crippen LogP contribution in [0, 0.1) is 0 Å². The van der Waals surface area contributed by atoms with Gasteiger partial charge in [-0.3, -0.25) is 4.98 Å². The summed E-state index contributed by atoms with van der Waals surface area (Å²) in [7, 11) is 0. The van der Waals surface area contributed by atoms with Gasteiger partial charge in [-0.2, -0.15) is 0 Å².